The fourth-order valence-corrected chi connectivity index (χ4v) is 3.91. The molecule has 0 saturated carbocycles. The largest absolute Gasteiger partial charge is 0.338 e. The lowest BCUT2D eigenvalue weighted by atomic mass is 9.96. The molecule has 1 aromatic heterocycles. The number of likely N-dealkylation sites (tertiary alicyclic amines) is 1. The van der Waals surface area contributed by atoms with E-state index in [0.717, 1.165) is 35.0 Å². The van der Waals surface area contributed by atoms with E-state index in [9.17, 15) is 9.59 Å². The number of hydrogen-bond donors (Lipinski definition) is 1. The highest BCUT2D eigenvalue weighted by Gasteiger charge is 2.29. The van der Waals surface area contributed by atoms with Crippen molar-refractivity contribution in [2.45, 2.75) is 26.7 Å². The molecule has 0 aliphatic carbocycles. The average Bonchev–Trinajstić information content (AvgIpc) is 3.10. The number of rotatable bonds is 3. The molecule has 28 heavy (non-hydrogen) atoms. The second-order valence-corrected chi connectivity index (χ2v) is 7.55. The Morgan fingerprint density at radius 3 is 2.64 bits per heavy atom. The monoisotopic (exact) mass is 376 g/mol. The number of piperidine rings is 1. The number of aryl methyl sites for hydroxylation is 2. The van der Waals surface area contributed by atoms with Gasteiger partial charge in [0.25, 0.3) is 5.91 Å². The van der Waals surface area contributed by atoms with Crippen molar-refractivity contribution in [3.8, 4) is 0 Å². The number of carbonyl (C=O) groups is 2. The molecule has 0 unspecified atom stereocenters. The minimum atomic E-state index is -0.232. The molecule has 0 bridgehead atoms. The van der Waals surface area contributed by atoms with Crippen molar-refractivity contribution >= 4 is 22.8 Å². The summed E-state index contributed by atoms with van der Waals surface area (Å²) in [5.74, 6) is -0.316. The number of carbonyl (C=O) groups excluding carboxylic acids is 2. The van der Waals surface area contributed by atoms with Crippen LogP contribution in [0.2, 0.25) is 0 Å². The number of fused-ring (bicyclic) bond motifs is 1. The molecule has 144 valence electrons. The highest BCUT2D eigenvalue weighted by atomic mass is 16.2. The summed E-state index contributed by atoms with van der Waals surface area (Å²) in [5, 5.41) is 0. The predicted molar refractivity (Wildman–Crippen MR) is 109 cm³/mol. The molecule has 1 aliphatic heterocycles. The minimum Gasteiger partial charge on any atom is -0.338 e. The van der Waals surface area contributed by atoms with E-state index in [0.29, 0.717) is 18.7 Å². The molecule has 1 saturated heterocycles. The van der Waals surface area contributed by atoms with Gasteiger partial charge in [0.1, 0.15) is 6.33 Å². The fraction of sp³-hybridized carbons (Fsp3) is 0.318. The zero-order valence-corrected chi connectivity index (χ0v) is 16.2. The smallest absolute Gasteiger partial charge is 0.253 e. The number of nitrogens with one attached hydrogen (secondary N) is 1. The molecule has 3 aromatic rings. The second kappa shape index (κ2) is 7.46. The first-order valence-corrected chi connectivity index (χ1v) is 9.62. The van der Waals surface area contributed by atoms with Crippen molar-refractivity contribution in [3.05, 3.63) is 65.5 Å². The Morgan fingerprint density at radius 2 is 1.86 bits per heavy atom. The molecule has 1 N–H and O–H groups in total. The van der Waals surface area contributed by atoms with Gasteiger partial charge in [-0.15, -0.1) is 0 Å². The molecule has 1 aliphatic rings. The van der Waals surface area contributed by atoms with E-state index in [1.807, 2.05) is 50.2 Å². The first-order valence-electron chi connectivity index (χ1n) is 9.62. The molecule has 1 atom stereocenters. The number of amides is 2. The summed E-state index contributed by atoms with van der Waals surface area (Å²) in [6.45, 7) is 5.10. The first kappa shape index (κ1) is 18.2. The summed E-state index contributed by atoms with van der Waals surface area (Å²) in [5.41, 5.74) is 7.45. The van der Waals surface area contributed by atoms with Gasteiger partial charge in [-0.25, -0.2) is 9.66 Å². The number of imidazole rings is 1. The third-order valence-corrected chi connectivity index (χ3v) is 5.23. The van der Waals surface area contributed by atoms with E-state index in [2.05, 4.69) is 16.5 Å². The SMILES string of the molecule is Cc1cc(C)cc(C(=O)N2CCC[C@@H](C(=O)Nn3cnc4ccccc43)C2)c1. The number of para-hydroxylation sites is 2. The van der Waals surface area contributed by atoms with E-state index in [1.165, 1.54) is 0 Å². The Bertz CT molecular complexity index is 1020. The standard InChI is InChI=1S/C22H24N4O2/c1-15-10-16(2)12-18(11-15)22(28)25-9-5-6-17(13-25)21(27)24-26-14-23-19-7-3-4-8-20(19)26/h3-4,7-8,10-12,14,17H,5-6,9,13H2,1-2H3,(H,24,27)/t17-/m1/s1. The third-order valence-electron chi connectivity index (χ3n) is 5.23. The Balaban J connectivity index is 1.47. The highest BCUT2D eigenvalue weighted by molar-refractivity contribution is 5.95. The van der Waals surface area contributed by atoms with Crippen LogP contribution in [0.5, 0.6) is 0 Å². The van der Waals surface area contributed by atoms with Crippen LogP contribution in [-0.2, 0) is 4.79 Å². The third kappa shape index (κ3) is 3.63. The molecular formula is C22H24N4O2. The second-order valence-electron chi connectivity index (χ2n) is 7.55. The van der Waals surface area contributed by atoms with E-state index < -0.39 is 0 Å². The molecule has 6 heteroatoms. The van der Waals surface area contributed by atoms with Crippen molar-refractivity contribution in [1.29, 1.82) is 0 Å². The van der Waals surface area contributed by atoms with Crippen LogP contribution >= 0.6 is 0 Å². The summed E-state index contributed by atoms with van der Waals surface area (Å²) >= 11 is 0. The van der Waals surface area contributed by atoms with E-state index in [-0.39, 0.29) is 17.7 Å². The topological polar surface area (TPSA) is 67.2 Å². The van der Waals surface area contributed by atoms with Gasteiger partial charge < -0.3 is 4.90 Å². The maximum Gasteiger partial charge on any atom is 0.253 e. The molecule has 0 spiro atoms. The normalized spacial score (nSPS) is 16.9. The van der Waals surface area contributed by atoms with E-state index >= 15 is 0 Å². The molecule has 6 nitrogen and oxygen atoms in total. The summed E-state index contributed by atoms with van der Waals surface area (Å²) in [4.78, 5) is 31.9. The van der Waals surface area contributed by atoms with Gasteiger partial charge in [0.05, 0.1) is 17.0 Å². The number of aromatic nitrogens is 2. The fourth-order valence-electron chi connectivity index (χ4n) is 3.91. The molecular weight excluding hydrogens is 352 g/mol. The zero-order valence-electron chi connectivity index (χ0n) is 16.2. The van der Waals surface area contributed by atoms with E-state index in [1.54, 1.807) is 15.9 Å². The van der Waals surface area contributed by atoms with Crippen LogP contribution in [0.15, 0.2) is 48.8 Å². The van der Waals surface area contributed by atoms with Crippen LogP contribution in [0.25, 0.3) is 11.0 Å². The Kier molecular flexibility index (Phi) is 4.86. The van der Waals surface area contributed by atoms with Crippen molar-refractivity contribution in [2.24, 2.45) is 5.92 Å². The highest BCUT2D eigenvalue weighted by Crippen LogP contribution is 2.21. The minimum absolute atomic E-state index is 0.00243. The van der Waals surface area contributed by atoms with Crippen molar-refractivity contribution in [1.82, 2.24) is 14.6 Å². The molecule has 1 fully saturated rings. The van der Waals surface area contributed by atoms with Crippen molar-refractivity contribution in [3.63, 3.8) is 0 Å². The number of nitrogens with zero attached hydrogens (tertiary/aromatic N) is 3. The Hall–Kier alpha value is -3.15. The van der Waals surface area contributed by atoms with Gasteiger partial charge in [-0.2, -0.15) is 0 Å². The van der Waals surface area contributed by atoms with Crippen LogP contribution in [0, 0.1) is 19.8 Å². The molecule has 2 amide bonds. The van der Waals surface area contributed by atoms with Gasteiger partial charge in [0.15, 0.2) is 0 Å². The van der Waals surface area contributed by atoms with Crippen LogP contribution < -0.4 is 5.43 Å². The van der Waals surface area contributed by atoms with E-state index in [4.69, 9.17) is 0 Å². The summed E-state index contributed by atoms with van der Waals surface area (Å²) in [7, 11) is 0. The Morgan fingerprint density at radius 1 is 1.11 bits per heavy atom. The first-order chi connectivity index (χ1) is 13.5. The lowest BCUT2D eigenvalue weighted by Crippen LogP contribution is -2.44. The summed E-state index contributed by atoms with van der Waals surface area (Å²) < 4.78 is 1.66. The average molecular weight is 376 g/mol. The quantitative estimate of drug-likeness (QED) is 0.763. The van der Waals surface area contributed by atoms with Gasteiger partial charge >= 0.3 is 0 Å². The van der Waals surface area contributed by atoms with Gasteiger partial charge in [0, 0.05) is 18.7 Å². The molecule has 0 radical (unpaired) electrons. The van der Waals surface area contributed by atoms with Crippen LogP contribution in [0.4, 0.5) is 0 Å². The Labute approximate surface area is 164 Å². The zero-order chi connectivity index (χ0) is 19.7. The van der Waals surface area contributed by atoms with Gasteiger partial charge in [0.2, 0.25) is 5.91 Å². The van der Waals surface area contributed by atoms with Gasteiger partial charge in [-0.05, 0) is 51.0 Å². The number of benzene rings is 2. The predicted octanol–water partition coefficient (Wildman–Crippen LogP) is 3.28. The maximum absolute atomic E-state index is 12.9. The molecule has 2 heterocycles. The van der Waals surface area contributed by atoms with Crippen molar-refractivity contribution in [2.75, 3.05) is 18.5 Å². The molecule has 2 aromatic carbocycles. The lowest BCUT2D eigenvalue weighted by Gasteiger charge is -2.32. The maximum atomic E-state index is 12.9. The van der Waals surface area contributed by atoms with Gasteiger partial charge in [-0.3, -0.25) is 15.0 Å². The van der Waals surface area contributed by atoms with Crippen LogP contribution in [0.3, 0.4) is 0 Å². The summed E-state index contributed by atoms with van der Waals surface area (Å²) in [6, 6.07) is 13.5. The van der Waals surface area contributed by atoms with Crippen LogP contribution in [-0.4, -0.2) is 39.5 Å². The summed E-state index contributed by atoms with van der Waals surface area (Å²) in [6.07, 6.45) is 3.21. The number of hydrogen-bond acceptors (Lipinski definition) is 3. The lowest BCUT2D eigenvalue weighted by molar-refractivity contribution is -0.122. The van der Waals surface area contributed by atoms with Gasteiger partial charge in [-0.1, -0.05) is 29.3 Å². The van der Waals surface area contributed by atoms with Crippen molar-refractivity contribution < 1.29 is 9.59 Å². The molecule has 4 rings (SSSR count). The van der Waals surface area contributed by atoms with Crippen LogP contribution in [0.1, 0.15) is 34.3 Å².